The van der Waals surface area contributed by atoms with Gasteiger partial charge >= 0.3 is 0 Å². The predicted molar refractivity (Wildman–Crippen MR) is 91.7 cm³/mol. The summed E-state index contributed by atoms with van der Waals surface area (Å²) in [5.41, 5.74) is 0.860. The zero-order valence-electron chi connectivity index (χ0n) is 13.0. The van der Waals surface area contributed by atoms with Crippen molar-refractivity contribution in [1.29, 1.82) is 0 Å². The lowest BCUT2D eigenvalue weighted by Crippen LogP contribution is -2.06. The molecule has 0 saturated heterocycles. The minimum absolute atomic E-state index is 0.0786. The second-order valence-corrected chi connectivity index (χ2v) is 6.25. The zero-order chi connectivity index (χ0) is 16.3. The van der Waals surface area contributed by atoms with Crippen LogP contribution in [0.25, 0.3) is 0 Å². The van der Waals surface area contributed by atoms with E-state index in [4.69, 9.17) is 28.6 Å². The number of H-pyrrole nitrogens is 1. The molecule has 118 valence electrons. The van der Waals surface area contributed by atoms with Crippen molar-refractivity contribution >= 4 is 30.0 Å². The topological polar surface area (TPSA) is 55.2 Å². The third kappa shape index (κ3) is 3.96. The molecule has 1 N–H and O–H groups in total. The van der Waals surface area contributed by atoms with Crippen LogP contribution in [0.5, 0.6) is 5.75 Å². The quantitative estimate of drug-likeness (QED) is 0.650. The molecule has 0 aliphatic rings. The minimum atomic E-state index is 0.0786. The van der Waals surface area contributed by atoms with Crippen molar-refractivity contribution in [3.63, 3.8) is 0 Å². The van der Waals surface area contributed by atoms with Crippen LogP contribution in [0.3, 0.4) is 0 Å². The molecule has 0 aliphatic heterocycles. The third-order valence-corrected chi connectivity index (χ3v) is 3.39. The fraction of sp³-hybridized carbons (Fsp3) is 0.400. The van der Waals surface area contributed by atoms with Crippen molar-refractivity contribution in [3.8, 4) is 5.75 Å². The van der Waals surface area contributed by atoms with Gasteiger partial charge in [-0.15, -0.1) is 0 Å². The fourth-order valence-electron chi connectivity index (χ4n) is 1.86. The first-order chi connectivity index (χ1) is 10.4. The van der Waals surface area contributed by atoms with Gasteiger partial charge in [0.05, 0.1) is 17.3 Å². The number of nitrogens with one attached hydrogen (secondary N) is 1. The summed E-state index contributed by atoms with van der Waals surface area (Å²) in [4.78, 5) is 0. The molecular formula is C15H19ClN4OS. The molecule has 7 heteroatoms. The number of aromatic nitrogens is 3. The van der Waals surface area contributed by atoms with Crippen molar-refractivity contribution in [2.24, 2.45) is 5.10 Å². The summed E-state index contributed by atoms with van der Waals surface area (Å²) in [7, 11) is 0. The van der Waals surface area contributed by atoms with E-state index >= 15 is 0 Å². The summed E-state index contributed by atoms with van der Waals surface area (Å²) < 4.78 is 7.69. The number of ether oxygens (including phenoxy) is 1. The van der Waals surface area contributed by atoms with Gasteiger partial charge in [-0.05, 0) is 49.8 Å². The average molecular weight is 339 g/mol. The van der Waals surface area contributed by atoms with Crippen LogP contribution in [0.1, 0.15) is 45.0 Å². The maximum Gasteiger partial charge on any atom is 0.216 e. The van der Waals surface area contributed by atoms with Gasteiger partial charge in [-0.1, -0.05) is 25.4 Å². The molecule has 1 heterocycles. The molecule has 0 amide bonds. The second-order valence-electron chi connectivity index (χ2n) is 5.45. The van der Waals surface area contributed by atoms with Crippen LogP contribution >= 0.6 is 23.8 Å². The number of hydrogen-bond acceptors (Lipinski definition) is 4. The average Bonchev–Trinajstić information content (AvgIpc) is 2.80. The van der Waals surface area contributed by atoms with E-state index in [2.05, 4.69) is 15.3 Å². The van der Waals surface area contributed by atoms with Gasteiger partial charge in [0, 0.05) is 5.92 Å². The van der Waals surface area contributed by atoms with E-state index in [1.807, 2.05) is 45.9 Å². The van der Waals surface area contributed by atoms with Gasteiger partial charge in [0.2, 0.25) is 4.77 Å². The van der Waals surface area contributed by atoms with E-state index in [9.17, 15) is 0 Å². The molecule has 0 atom stereocenters. The Hall–Kier alpha value is -1.66. The normalized spacial score (nSPS) is 11.8. The molecule has 0 bridgehead atoms. The highest BCUT2D eigenvalue weighted by Gasteiger charge is 2.09. The molecule has 0 spiro atoms. The van der Waals surface area contributed by atoms with Crippen LogP contribution in [0.15, 0.2) is 23.3 Å². The van der Waals surface area contributed by atoms with E-state index in [0.29, 0.717) is 15.5 Å². The number of nitrogens with zero attached hydrogens (tertiary/aromatic N) is 3. The highest BCUT2D eigenvalue weighted by atomic mass is 35.5. The molecule has 1 aromatic carbocycles. The van der Waals surface area contributed by atoms with Crippen molar-refractivity contribution in [1.82, 2.24) is 14.9 Å². The Bertz CT molecular complexity index is 733. The van der Waals surface area contributed by atoms with Gasteiger partial charge in [0.15, 0.2) is 5.82 Å². The van der Waals surface area contributed by atoms with Crippen molar-refractivity contribution in [2.45, 2.75) is 39.7 Å². The van der Waals surface area contributed by atoms with E-state index < -0.39 is 0 Å². The largest absolute Gasteiger partial charge is 0.489 e. The maximum atomic E-state index is 6.21. The summed E-state index contributed by atoms with van der Waals surface area (Å²) in [6.45, 7) is 7.98. The standard InChI is InChI=1S/C15H19ClN4OS/c1-9(2)14-18-19-15(22)20(14)17-8-11-5-6-13(12(16)7-11)21-10(3)4/h5-10H,1-4H3,(H,19,22)/b17-8-. The fourth-order valence-corrected chi connectivity index (χ4v) is 2.28. The van der Waals surface area contributed by atoms with Crippen molar-refractivity contribution in [3.05, 3.63) is 39.4 Å². The Morgan fingerprint density at radius 1 is 1.36 bits per heavy atom. The smallest absolute Gasteiger partial charge is 0.216 e. The lowest BCUT2D eigenvalue weighted by Gasteiger charge is -2.11. The maximum absolute atomic E-state index is 6.21. The summed E-state index contributed by atoms with van der Waals surface area (Å²) in [6.07, 6.45) is 1.78. The molecule has 5 nitrogen and oxygen atoms in total. The van der Waals surface area contributed by atoms with Crippen LogP contribution < -0.4 is 4.74 Å². The minimum Gasteiger partial charge on any atom is -0.489 e. The molecule has 0 radical (unpaired) electrons. The molecular weight excluding hydrogens is 320 g/mol. The second kappa shape index (κ2) is 7.07. The van der Waals surface area contributed by atoms with E-state index in [-0.39, 0.29) is 12.0 Å². The molecule has 2 aromatic rings. The van der Waals surface area contributed by atoms with E-state index in [0.717, 1.165) is 11.4 Å². The summed E-state index contributed by atoms with van der Waals surface area (Å²) >= 11 is 11.4. The highest BCUT2D eigenvalue weighted by Crippen LogP contribution is 2.26. The Balaban J connectivity index is 2.26. The molecule has 0 unspecified atom stereocenters. The number of rotatable bonds is 5. The van der Waals surface area contributed by atoms with Crippen LogP contribution in [-0.2, 0) is 0 Å². The van der Waals surface area contributed by atoms with Gasteiger partial charge in [-0.3, -0.25) is 5.10 Å². The van der Waals surface area contributed by atoms with Crippen LogP contribution in [0.4, 0.5) is 0 Å². The monoisotopic (exact) mass is 338 g/mol. The Morgan fingerprint density at radius 3 is 2.68 bits per heavy atom. The summed E-state index contributed by atoms with van der Waals surface area (Å²) in [5, 5.41) is 11.9. The van der Waals surface area contributed by atoms with Gasteiger partial charge in [-0.2, -0.15) is 14.9 Å². The molecule has 2 rings (SSSR count). The van der Waals surface area contributed by atoms with E-state index in [1.54, 1.807) is 10.9 Å². The summed E-state index contributed by atoms with van der Waals surface area (Å²) in [6, 6.07) is 5.54. The Labute approximate surface area is 140 Å². The van der Waals surface area contributed by atoms with Crippen molar-refractivity contribution in [2.75, 3.05) is 0 Å². The van der Waals surface area contributed by atoms with Gasteiger partial charge in [0.25, 0.3) is 0 Å². The number of benzene rings is 1. The van der Waals surface area contributed by atoms with Gasteiger partial charge in [0.1, 0.15) is 5.75 Å². The SMILES string of the molecule is CC(C)Oc1ccc(/C=N\n2c(C(C)C)n[nH]c2=S)cc1Cl. The number of hydrogen-bond donors (Lipinski definition) is 1. The third-order valence-electron chi connectivity index (χ3n) is 2.83. The van der Waals surface area contributed by atoms with Crippen LogP contribution in [0, 0.1) is 4.77 Å². The van der Waals surface area contributed by atoms with Gasteiger partial charge < -0.3 is 4.74 Å². The van der Waals surface area contributed by atoms with Gasteiger partial charge in [-0.25, -0.2) is 0 Å². The zero-order valence-corrected chi connectivity index (χ0v) is 14.6. The predicted octanol–water partition coefficient (Wildman–Crippen LogP) is 4.39. The molecule has 0 aliphatic carbocycles. The lowest BCUT2D eigenvalue weighted by molar-refractivity contribution is 0.242. The number of halogens is 1. The first-order valence-corrected chi connectivity index (χ1v) is 7.85. The first-order valence-electron chi connectivity index (χ1n) is 7.06. The summed E-state index contributed by atoms with van der Waals surface area (Å²) in [5.74, 6) is 1.67. The molecule has 0 saturated carbocycles. The Morgan fingerprint density at radius 2 is 2.09 bits per heavy atom. The van der Waals surface area contributed by atoms with Crippen LogP contribution in [-0.4, -0.2) is 27.2 Å². The Kier molecular flexibility index (Phi) is 5.37. The van der Waals surface area contributed by atoms with Crippen LogP contribution in [0.2, 0.25) is 5.02 Å². The first kappa shape index (κ1) is 16.7. The molecule has 1 aromatic heterocycles. The molecule has 0 fully saturated rings. The highest BCUT2D eigenvalue weighted by molar-refractivity contribution is 7.71. The lowest BCUT2D eigenvalue weighted by atomic mass is 10.2. The van der Waals surface area contributed by atoms with E-state index in [1.165, 1.54) is 0 Å². The van der Waals surface area contributed by atoms with Crippen molar-refractivity contribution < 1.29 is 4.74 Å². The number of aromatic amines is 1. The molecule has 22 heavy (non-hydrogen) atoms.